The van der Waals surface area contributed by atoms with Crippen LogP contribution in [-0.4, -0.2) is 31.3 Å². The number of hydrogen-bond donors (Lipinski definition) is 1. The van der Waals surface area contributed by atoms with E-state index in [-0.39, 0.29) is 6.61 Å². The van der Waals surface area contributed by atoms with E-state index in [1.807, 2.05) is 35.2 Å². The highest BCUT2D eigenvalue weighted by Gasteiger charge is 2.18. The molecule has 0 aromatic heterocycles. The second kappa shape index (κ2) is 7.11. The molecule has 0 spiro atoms. The zero-order chi connectivity index (χ0) is 15.2. The van der Waals surface area contributed by atoms with Crippen LogP contribution in [0, 0.1) is 0 Å². The number of carbonyl (C=O) groups is 1. The predicted molar refractivity (Wildman–Crippen MR) is 83.3 cm³/mol. The average molecular weight is 306 g/mol. The second-order valence-electron chi connectivity index (χ2n) is 4.36. The highest BCUT2D eigenvalue weighted by atomic mass is 35.5. The molecule has 0 unspecified atom stereocenters. The molecular weight excluding hydrogens is 290 g/mol. The van der Waals surface area contributed by atoms with Crippen LogP contribution in [0.4, 0.5) is 11.4 Å². The lowest BCUT2D eigenvalue weighted by molar-refractivity contribution is 0.0601. The normalized spacial score (nSPS) is 10.2. The van der Waals surface area contributed by atoms with Crippen LogP contribution in [0.1, 0.15) is 10.4 Å². The number of hydrogen-bond acceptors (Lipinski definition) is 4. The van der Waals surface area contributed by atoms with Crippen molar-refractivity contribution in [2.24, 2.45) is 0 Å². The van der Waals surface area contributed by atoms with Crippen molar-refractivity contribution in [1.82, 2.24) is 0 Å². The largest absolute Gasteiger partial charge is 0.465 e. The van der Waals surface area contributed by atoms with Crippen LogP contribution >= 0.6 is 11.6 Å². The number of benzene rings is 2. The van der Waals surface area contributed by atoms with E-state index in [0.29, 0.717) is 22.8 Å². The molecule has 0 radical (unpaired) electrons. The molecule has 0 saturated heterocycles. The number of anilines is 2. The summed E-state index contributed by atoms with van der Waals surface area (Å²) in [6, 6.07) is 14.4. The van der Waals surface area contributed by atoms with Crippen LogP contribution in [0.25, 0.3) is 0 Å². The molecule has 0 atom stereocenters. The Morgan fingerprint density at radius 1 is 1.24 bits per heavy atom. The van der Waals surface area contributed by atoms with Crippen LogP contribution in [0.3, 0.4) is 0 Å². The van der Waals surface area contributed by atoms with Gasteiger partial charge in [-0.1, -0.05) is 29.8 Å². The number of rotatable bonds is 5. The van der Waals surface area contributed by atoms with E-state index in [9.17, 15) is 9.90 Å². The van der Waals surface area contributed by atoms with Crippen molar-refractivity contribution < 1.29 is 14.6 Å². The molecule has 0 heterocycles. The van der Waals surface area contributed by atoms with Gasteiger partial charge < -0.3 is 14.7 Å². The van der Waals surface area contributed by atoms with Gasteiger partial charge in [-0.3, -0.25) is 0 Å². The van der Waals surface area contributed by atoms with E-state index in [1.165, 1.54) is 7.11 Å². The number of para-hydroxylation sites is 1. The number of carbonyl (C=O) groups excluding carboxylic acids is 1. The molecule has 0 saturated carbocycles. The highest BCUT2D eigenvalue weighted by molar-refractivity contribution is 6.31. The van der Waals surface area contributed by atoms with Crippen molar-refractivity contribution in [1.29, 1.82) is 0 Å². The SMILES string of the molecule is COC(=O)c1ccc(Cl)cc1N(CCO)c1ccccc1. The van der Waals surface area contributed by atoms with E-state index in [1.54, 1.807) is 18.2 Å². The number of halogens is 1. The summed E-state index contributed by atoms with van der Waals surface area (Å²) in [6.45, 7) is 0.288. The topological polar surface area (TPSA) is 49.8 Å². The van der Waals surface area contributed by atoms with E-state index >= 15 is 0 Å². The Balaban J connectivity index is 2.54. The second-order valence-corrected chi connectivity index (χ2v) is 4.80. The quantitative estimate of drug-likeness (QED) is 0.862. The Bertz CT molecular complexity index is 616. The van der Waals surface area contributed by atoms with E-state index < -0.39 is 5.97 Å². The summed E-state index contributed by atoms with van der Waals surface area (Å²) in [6.07, 6.45) is 0. The molecule has 0 aliphatic carbocycles. The Labute approximate surface area is 128 Å². The molecule has 0 amide bonds. The summed E-state index contributed by atoms with van der Waals surface area (Å²) < 4.78 is 4.81. The number of methoxy groups -OCH3 is 1. The zero-order valence-corrected chi connectivity index (χ0v) is 12.4. The summed E-state index contributed by atoms with van der Waals surface area (Å²) in [5.41, 5.74) is 1.87. The molecule has 0 aliphatic heterocycles. The van der Waals surface area contributed by atoms with Crippen molar-refractivity contribution in [3.8, 4) is 0 Å². The fraction of sp³-hybridized carbons (Fsp3) is 0.188. The summed E-state index contributed by atoms with van der Waals surface area (Å²) in [7, 11) is 1.33. The standard InChI is InChI=1S/C16H16ClNO3/c1-21-16(20)14-8-7-12(17)11-15(14)18(9-10-19)13-5-3-2-4-6-13/h2-8,11,19H,9-10H2,1H3. The number of esters is 1. The highest BCUT2D eigenvalue weighted by Crippen LogP contribution is 2.31. The molecule has 5 heteroatoms. The van der Waals surface area contributed by atoms with E-state index in [0.717, 1.165) is 5.69 Å². The first-order valence-electron chi connectivity index (χ1n) is 6.48. The minimum atomic E-state index is -0.444. The van der Waals surface area contributed by atoms with E-state index in [4.69, 9.17) is 16.3 Å². The van der Waals surface area contributed by atoms with Gasteiger partial charge in [-0.05, 0) is 30.3 Å². The molecule has 2 aromatic carbocycles. The van der Waals surface area contributed by atoms with Crippen molar-refractivity contribution in [3.05, 3.63) is 59.1 Å². The first-order valence-corrected chi connectivity index (χ1v) is 6.86. The number of nitrogens with zero attached hydrogens (tertiary/aromatic N) is 1. The van der Waals surface area contributed by atoms with Gasteiger partial charge in [0.2, 0.25) is 0 Å². The van der Waals surface area contributed by atoms with Gasteiger partial charge in [-0.25, -0.2) is 4.79 Å². The van der Waals surface area contributed by atoms with Gasteiger partial charge >= 0.3 is 5.97 Å². The summed E-state index contributed by atoms with van der Waals surface area (Å²) in [4.78, 5) is 13.8. The first kappa shape index (κ1) is 15.4. The molecule has 1 N–H and O–H groups in total. The van der Waals surface area contributed by atoms with Gasteiger partial charge in [0.15, 0.2) is 0 Å². The Hall–Kier alpha value is -2.04. The number of aliphatic hydroxyl groups is 1. The average Bonchev–Trinajstić information content (AvgIpc) is 2.52. The minimum Gasteiger partial charge on any atom is -0.465 e. The maximum atomic E-state index is 11.9. The maximum Gasteiger partial charge on any atom is 0.339 e. The summed E-state index contributed by atoms with van der Waals surface area (Å²) >= 11 is 6.06. The van der Waals surface area contributed by atoms with Crippen LogP contribution < -0.4 is 4.90 Å². The van der Waals surface area contributed by atoms with Crippen LogP contribution in [0.2, 0.25) is 5.02 Å². The molecule has 4 nitrogen and oxygen atoms in total. The molecule has 0 aliphatic rings. The lowest BCUT2D eigenvalue weighted by Crippen LogP contribution is -2.23. The summed E-state index contributed by atoms with van der Waals surface area (Å²) in [5, 5.41) is 9.84. The molecule has 21 heavy (non-hydrogen) atoms. The number of aliphatic hydroxyl groups excluding tert-OH is 1. The maximum absolute atomic E-state index is 11.9. The molecule has 0 fully saturated rings. The van der Waals surface area contributed by atoms with Crippen molar-refractivity contribution in [2.45, 2.75) is 0 Å². The van der Waals surface area contributed by atoms with Crippen molar-refractivity contribution in [3.63, 3.8) is 0 Å². The predicted octanol–water partition coefficient (Wildman–Crippen LogP) is 3.26. The van der Waals surface area contributed by atoms with Crippen LogP contribution in [0.15, 0.2) is 48.5 Å². The first-order chi connectivity index (χ1) is 10.2. The fourth-order valence-corrected chi connectivity index (χ4v) is 2.27. The van der Waals surface area contributed by atoms with Crippen LogP contribution in [-0.2, 0) is 4.74 Å². The summed E-state index contributed by atoms with van der Waals surface area (Å²) in [5.74, 6) is -0.444. The van der Waals surface area contributed by atoms with Crippen molar-refractivity contribution in [2.75, 3.05) is 25.2 Å². The molecular formula is C16H16ClNO3. The zero-order valence-electron chi connectivity index (χ0n) is 11.6. The fourth-order valence-electron chi connectivity index (χ4n) is 2.11. The van der Waals surface area contributed by atoms with Gasteiger partial charge in [0.05, 0.1) is 25.0 Å². The third kappa shape index (κ3) is 3.54. The molecule has 0 bridgehead atoms. The monoisotopic (exact) mass is 305 g/mol. The minimum absolute atomic E-state index is 0.0536. The van der Waals surface area contributed by atoms with Gasteiger partial charge in [0.1, 0.15) is 0 Å². The van der Waals surface area contributed by atoms with Gasteiger partial charge in [0.25, 0.3) is 0 Å². The smallest absolute Gasteiger partial charge is 0.339 e. The Kier molecular flexibility index (Phi) is 5.20. The van der Waals surface area contributed by atoms with Gasteiger partial charge in [-0.2, -0.15) is 0 Å². The number of ether oxygens (including phenoxy) is 1. The Morgan fingerprint density at radius 2 is 1.95 bits per heavy atom. The lowest BCUT2D eigenvalue weighted by atomic mass is 10.1. The van der Waals surface area contributed by atoms with Crippen molar-refractivity contribution >= 4 is 28.9 Å². The molecule has 110 valence electrons. The Morgan fingerprint density at radius 3 is 2.57 bits per heavy atom. The van der Waals surface area contributed by atoms with E-state index in [2.05, 4.69) is 0 Å². The van der Waals surface area contributed by atoms with Crippen LogP contribution in [0.5, 0.6) is 0 Å². The van der Waals surface area contributed by atoms with Gasteiger partial charge in [-0.15, -0.1) is 0 Å². The molecule has 2 rings (SSSR count). The molecule has 2 aromatic rings. The third-order valence-corrected chi connectivity index (χ3v) is 3.28. The lowest BCUT2D eigenvalue weighted by Gasteiger charge is -2.26. The third-order valence-electron chi connectivity index (χ3n) is 3.05. The van der Waals surface area contributed by atoms with Gasteiger partial charge in [0, 0.05) is 17.3 Å².